The van der Waals surface area contributed by atoms with Gasteiger partial charge in [-0.2, -0.15) is 0 Å². The molecule has 0 bridgehead atoms. The van der Waals surface area contributed by atoms with Crippen LogP contribution in [0.4, 0.5) is 4.39 Å². The zero-order chi connectivity index (χ0) is 15.4. The minimum absolute atomic E-state index is 0.237. The number of nitrogens with zero attached hydrogens (tertiary/aromatic N) is 2. The first-order valence-corrected chi connectivity index (χ1v) is 7.93. The quantitative estimate of drug-likeness (QED) is 0.847. The highest BCUT2D eigenvalue weighted by molar-refractivity contribution is 7.80. The zero-order valence-corrected chi connectivity index (χ0v) is 13.6. The number of rotatable bonds is 5. The van der Waals surface area contributed by atoms with Crippen LogP contribution in [0.25, 0.3) is 0 Å². The third kappa shape index (κ3) is 4.22. The summed E-state index contributed by atoms with van der Waals surface area (Å²) in [6, 6.07) is 5.18. The lowest BCUT2D eigenvalue weighted by Gasteiger charge is -2.36. The fourth-order valence-corrected chi connectivity index (χ4v) is 3.21. The van der Waals surface area contributed by atoms with Gasteiger partial charge in [-0.3, -0.25) is 4.90 Å². The molecule has 0 atom stereocenters. The molecule has 21 heavy (non-hydrogen) atoms. The van der Waals surface area contributed by atoms with E-state index in [2.05, 4.69) is 23.8 Å². The van der Waals surface area contributed by atoms with E-state index >= 15 is 0 Å². The summed E-state index contributed by atoms with van der Waals surface area (Å²) in [6.07, 6.45) is 2.31. The monoisotopic (exact) mass is 309 g/mol. The highest BCUT2D eigenvalue weighted by Crippen LogP contribution is 2.19. The molecule has 3 nitrogen and oxygen atoms in total. The summed E-state index contributed by atoms with van der Waals surface area (Å²) in [4.78, 5) is 5.09. The smallest absolute Gasteiger partial charge is 0.123 e. The number of hydrogen-bond donors (Lipinski definition) is 1. The molecule has 1 aromatic rings. The predicted molar refractivity (Wildman–Crippen MR) is 88.9 cm³/mol. The number of halogens is 1. The van der Waals surface area contributed by atoms with Crippen molar-refractivity contribution in [2.45, 2.75) is 32.4 Å². The van der Waals surface area contributed by atoms with Crippen molar-refractivity contribution in [3.05, 3.63) is 35.1 Å². The molecule has 1 aliphatic rings. The van der Waals surface area contributed by atoms with E-state index in [1.807, 2.05) is 0 Å². The van der Waals surface area contributed by atoms with Crippen molar-refractivity contribution in [1.29, 1.82) is 0 Å². The van der Waals surface area contributed by atoms with Gasteiger partial charge in [0.05, 0.1) is 0 Å². The number of thiocarbonyl (C=S) groups is 1. The average molecular weight is 309 g/mol. The first-order valence-electron chi connectivity index (χ1n) is 7.52. The van der Waals surface area contributed by atoms with E-state index in [-0.39, 0.29) is 5.82 Å². The summed E-state index contributed by atoms with van der Waals surface area (Å²) in [6.45, 7) is 6.27. The first kappa shape index (κ1) is 16.3. The van der Waals surface area contributed by atoms with E-state index in [9.17, 15) is 4.39 Å². The van der Waals surface area contributed by atoms with E-state index < -0.39 is 0 Å². The highest BCUT2D eigenvalue weighted by atomic mass is 32.1. The molecule has 0 spiro atoms. The normalized spacial score (nSPS) is 17.3. The Kier molecular flexibility index (Phi) is 5.67. The second kappa shape index (κ2) is 7.29. The second-order valence-corrected chi connectivity index (χ2v) is 6.19. The van der Waals surface area contributed by atoms with Gasteiger partial charge in [-0.25, -0.2) is 4.39 Å². The molecule has 0 aliphatic carbocycles. The molecule has 1 fully saturated rings. The lowest BCUT2D eigenvalue weighted by Crippen LogP contribution is -2.43. The molecule has 1 heterocycles. The molecular formula is C16H24FN3S. The Bertz CT molecular complexity index is 498. The summed E-state index contributed by atoms with van der Waals surface area (Å²) in [5.74, 6) is -0.237. The summed E-state index contributed by atoms with van der Waals surface area (Å²) >= 11 is 5.06. The molecule has 2 rings (SSSR count). The van der Waals surface area contributed by atoms with Crippen molar-refractivity contribution in [2.24, 2.45) is 5.73 Å². The van der Waals surface area contributed by atoms with Gasteiger partial charge >= 0.3 is 0 Å². The van der Waals surface area contributed by atoms with Crippen LogP contribution in [0.1, 0.15) is 30.9 Å². The Balaban J connectivity index is 2.04. The van der Waals surface area contributed by atoms with Crippen LogP contribution in [-0.4, -0.2) is 47.5 Å². The van der Waals surface area contributed by atoms with Crippen LogP contribution in [-0.2, 0) is 6.54 Å². The molecule has 5 heteroatoms. The van der Waals surface area contributed by atoms with Gasteiger partial charge in [0.15, 0.2) is 0 Å². The molecule has 0 unspecified atom stereocenters. The van der Waals surface area contributed by atoms with E-state index in [1.54, 1.807) is 12.1 Å². The Morgan fingerprint density at radius 3 is 2.67 bits per heavy atom. The zero-order valence-electron chi connectivity index (χ0n) is 12.8. The van der Waals surface area contributed by atoms with Crippen molar-refractivity contribution in [3.8, 4) is 0 Å². The summed E-state index contributed by atoms with van der Waals surface area (Å²) in [5, 5.41) is 0. The largest absolute Gasteiger partial charge is 0.389 e. The number of piperidine rings is 1. The molecule has 0 saturated carbocycles. The van der Waals surface area contributed by atoms with Crippen LogP contribution < -0.4 is 5.73 Å². The fraction of sp³-hybridized carbons (Fsp3) is 0.562. The summed E-state index contributed by atoms with van der Waals surface area (Å²) < 4.78 is 13.5. The Hall–Kier alpha value is -1.04. The lowest BCUT2D eigenvalue weighted by atomic mass is 10.0. The van der Waals surface area contributed by atoms with Crippen molar-refractivity contribution < 1.29 is 4.39 Å². The van der Waals surface area contributed by atoms with Crippen molar-refractivity contribution in [2.75, 3.05) is 26.7 Å². The second-order valence-electron chi connectivity index (χ2n) is 5.75. The van der Waals surface area contributed by atoms with Gasteiger partial charge in [-0.05, 0) is 63.3 Å². The highest BCUT2D eigenvalue weighted by Gasteiger charge is 2.22. The first-order chi connectivity index (χ1) is 10.0. The summed E-state index contributed by atoms with van der Waals surface area (Å²) in [5.41, 5.74) is 7.40. The fourth-order valence-electron chi connectivity index (χ4n) is 3.01. The van der Waals surface area contributed by atoms with Crippen LogP contribution in [0.3, 0.4) is 0 Å². The van der Waals surface area contributed by atoms with E-state index in [0.29, 0.717) is 17.6 Å². The van der Waals surface area contributed by atoms with Gasteiger partial charge < -0.3 is 10.6 Å². The van der Waals surface area contributed by atoms with Gasteiger partial charge in [0.2, 0.25) is 0 Å². The maximum Gasteiger partial charge on any atom is 0.123 e. The average Bonchev–Trinajstić information content (AvgIpc) is 2.47. The van der Waals surface area contributed by atoms with Crippen LogP contribution in [0.15, 0.2) is 18.2 Å². The van der Waals surface area contributed by atoms with Gasteiger partial charge in [-0.1, -0.05) is 19.1 Å². The number of likely N-dealkylation sites (tertiary alicyclic amines) is 1. The SMILES string of the molecule is CCN1CCC(N(C)Cc2cc(F)ccc2C(N)=S)CC1. The van der Waals surface area contributed by atoms with E-state index in [1.165, 1.54) is 6.07 Å². The molecule has 0 amide bonds. The summed E-state index contributed by atoms with van der Waals surface area (Å²) in [7, 11) is 2.10. The van der Waals surface area contributed by atoms with Crippen molar-refractivity contribution >= 4 is 17.2 Å². The van der Waals surface area contributed by atoms with Gasteiger partial charge in [-0.15, -0.1) is 0 Å². The molecular weight excluding hydrogens is 285 g/mol. The number of hydrogen-bond acceptors (Lipinski definition) is 3. The lowest BCUT2D eigenvalue weighted by molar-refractivity contribution is 0.127. The van der Waals surface area contributed by atoms with Gasteiger partial charge in [0.25, 0.3) is 0 Å². The Morgan fingerprint density at radius 1 is 1.43 bits per heavy atom. The standard InChI is InChI=1S/C16H24FN3S/c1-3-20-8-6-14(7-9-20)19(2)11-12-10-13(17)4-5-15(12)16(18)21/h4-5,10,14H,3,6-9,11H2,1-2H3,(H2,18,21). The van der Waals surface area contributed by atoms with Crippen molar-refractivity contribution in [3.63, 3.8) is 0 Å². The molecule has 2 N–H and O–H groups in total. The molecule has 1 aliphatic heterocycles. The van der Waals surface area contributed by atoms with Crippen LogP contribution in [0.5, 0.6) is 0 Å². The predicted octanol–water partition coefficient (Wildman–Crippen LogP) is 2.38. The van der Waals surface area contributed by atoms with E-state index in [0.717, 1.165) is 43.6 Å². The molecule has 1 saturated heterocycles. The number of nitrogens with two attached hydrogens (primary N) is 1. The van der Waals surface area contributed by atoms with Crippen LogP contribution in [0, 0.1) is 5.82 Å². The van der Waals surface area contributed by atoms with Gasteiger partial charge in [0, 0.05) is 18.2 Å². The molecule has 1 aromatic carbocycles. The molecule has 0 aromatic heterocycles. The van der Waals surface area contributed by atoms with Gasteiger partial charge in [0.1, 0.15) is 10.8 Å². The van der Waals surface area contributed by atoms with Crippen molar-refractivity contribution in [1.82, 2.24) is 9.80 Å². The maximum absolute atomic E-state index is 13.5. The minimum Gasteiger partial charge on any atom is -0.389 e. The Labute approximate surface area is 131 Å². The third-order valence-corrected chi connectivity index (χ3v) is 4.60. The van der Waals surface area contributed by atoms with E-state index in [4.69, 9.17) is 18.0 Å². The minimum atomic E-state index is -0.237. The third-order valence-electron chi connectivity index (χ3n) is 4.38. The van der Waals surface area contributed by atoms with Crippen LogP contribution >= 0.6 is 12.2 Å². The maximum atomic E-state index is 13.5. The topological polar surface area (TPSA) is 32.5 Å². The number of benzene rings is 1. The molecule has 0 radical (unpaired) electrons. The Morgan fingerprint density at radius 2 is 2.10 bits per heavy atom. The molecule has 116 valence electrons. The van der Waals surface area contributed by atoms with Crippen LogP contribution in [0.2, 0.25) is 0 Å².